The Labute approximate surface area is 229 Å². The molecule has 200 valence electrons. The zero-order valence-electron chi connectivity index (χ0n) is 22.8. The largest absolute Gasteiger partial charge is 0.465 e. The molecule has 0 unspecified atom stereocenters. The lowest BCUT2D eigenvalue weighted by molar-refractivity contribution is -0.146. The van der Waals surface area contributed by atoms with Crippen molar-refractivity contribution in [2.75, 3.05) is 13.2 Å². The van der Waals surface area contributed by atoms with Crippen LogP contribution in [0.1, 0.15) is 49.1 Å². The van der Waals surface area contributed by atoms with Crippen molar-refractivity contribution < 1.29 is 18.8 Å². The fraction of sp³-hybridized carbons (Fsp3) is 0.303. The highest BCUT2D eigenvalue weighted by Gasteiger charge is 2.52. The number of carbonyl (C=O) groups is 2. The van der Waals surface area contributed by atoms with E-state index in [1.807, 2.05) is 73.3 Å². The quantitative estimate of drug-likeness (QED) is 0.222. The molecule has 1 fully saturated rings. The van der Waals surface area contributed by atoms with Gasteiger partial charge < -0.3 is 14.2 Å². The summed E-state index contributed by atoms with van der Waals surface area (Å²) in [6.07, 6.45) is 2.34. The molecule has 1 heterocycles. The first kappa shape index (κ1) is 26.4. The number of esters is 1. The van der Waals surface area contributed by atoms with E-state index >= 15 is 0 Å². The molecule has 39 heavy (non-hydrogen) atoms. The number of rotatable bonds is 10. The third-order valence-electron chi connectivity index (χ3n) is 7.61. The van der Waals surface area contributed by atoms with Gasteiger partial charge in [0.1, 0.15) is 0 Å². The van der Waals surface area contributed by atoms with E-state index in [1.54, 1.807) is 6.92 Å². The Kier molecular flexibility index (Phi) is 7.64. The van der Waals surface area contributed by atoms with Gasteiger partial charge in [-0.2, -0.15) is 0 Å². The average Bonchev–Trinajstić information content (AvgIpc) is 3.69. The van der Waals surface area contributed by atoms with Crippen molar-refractivity contribution in [2.24, 2.45) is 0 Å². The number of hydrogen-bond acceptors (Lipinski definition) is 5. The third-order valence-corrected chi connectivity index (χ3v) is 7.61. The SMILES string of the molecule is CCOC(=O)C1(c2ccc(-c3ccc(-c4onc(C)c4CCN(Cc4ccccc4)C(C)=O)cc3)cc2)CC1. The molecule has 1 saturated carbocycles. The Morgan fingerprint density at radius 2 is 1.54 bits per heavy atom. The summed E-state index contributed by atoms with van der Waals surface area (Å²) in [6, 6.07) is 26.5. The Hall–Kier alpha value is -4.19. The summed E-state index contributed by atoms with van der Waals surface area (Å²) in [6.45, 7) is 6.95. The van der Waals surface area contributed by atoms with E-state index in [4.69, 9.17) is 9.26 Å². The van der Waals surface area contributed by atoms with Crippen LogP contribution in [0.2, 0.25) is 0 Å². The summed E-state index contributed by atoms with van der Waals surface area (Å²) in [5.74, 6) is 0.661. The molecule has 0 bridgehead atoms. The average molecular weight is 523 g/mol. The van der Waals surface area contributed by atoms with Gasteiger partial charge in [0.05, 0.1) is 17.7 Å². The maximum Gasteiger partial charge on any atom is 0.316 e. The van der Waals surface area contributed by atoms with Crippen LogP contribution in [-0.4, -0.2) is 35.1 Å². The molecule has 0 saturated heterocycles. The molecule has 5 rings (SSSR count). The van der Waals surface area contributed by atoms with E-state index in [1.165, 1.54) is 0 Å². The number of hydrogen-bond donors (Lipinski definition) is 0. The second-order valence-corrected chi connectivity index (χ2v) is 10.2. The molecular weight excluding hydrogens is 488 g/mol. The highest BCUT2D eigenvalue weighted by atomic mass is 16.5. The molecule has 3 aromatic carbocycles. The monoisotopic (exact) mass is 522 g/mol. The minimum absolute atomic E-state index is 0.0414. The van der Waals surface area contributed by atoms with Crippen molar-refractivity contribution in [3.05, 3.63) is 101 Å². The zero-order chi connectivity index (χ0) is 27.4. The minimum Gasteiger partial charge on any atom is -0.465 e. The lowest BCUT2D eigenvalue weighted by atomic mass is 9.93. The number of aromatic nitrogens is 1. The van der Waals surface area contributed by atoms with E-state index < -0.39 is 5.41 Å². The van der Waals surface area contributed by atoms with Crippen LogP contribution < -0.4 is 0 Å². The van der Waals surface area contributed by atoms with Crippen LogP contribution >= 0.6 is 0 Å². The maximum absolute atomic E-state index is 12.4. The number of ether oxygens (including phenoxy) is 1. The van der Waals surface area contributed by atoms with Crippen molar-refractivity contribution in [3.8, 4) is 22.5 Å². The molecule has 0 aliphatic heterocycles. The molecule has 6 nitrogen and oxygen atoms in total. The molecule has 1 amide bonds. The minimum atomic E-state index is -0.460. The van der Waals surface area contributed by atoms with E-state index in [0.717, 1.165) is 57.7 Å². The molecule has 6 heteroatoms. The van der Waals surface area contributed by atoms with E-state index in [-0.39, 0.29) is 11.9 Å². The normalized spacial score (nSPS) is 13.6. The number of aryl methyl sites for hydroxylation is 1. The first-order valence-corrected chi connectivity index (χ1v) is 13.5. The fourth-order valence-corrected chi connectivity index (χ4v) is 5.11. The molecular formula is C33H34N2O4. The lowest BCUT2D eigenvalue weighted by Gasteiger charge is -2.21. The highest BCUT2D eigenvalue weighted by Crippen LogP contribution is 2.49. The zero-order valence-corrected chi connectivity index (χ0v) is 22.8. The van der Waals surface area contributed by atoms with E-state index in [2.05, 4.69) is 29.4 Å². The van der Waals surface area contributed by atoms with Crippen LogP contribution in [-0.2, 0) is 32.7 Å². The van der Waals surface area contributed by atoms with Crippen molar-refractivity contribution in [1.82, 2.24) is 10.1 Å². The van der Waals surface area contributed by atoms with Gasteiger partial charge in [0.2, 0.25) is 5.91 Å². The first-order chi connectivity index (χ1) is 18.9. The van der Waals surface area contributed by atoms with Gasteiger partial charge in [-0.15, -0.1) is 0 Å². The maximum atomic E-state index is 12.4. The van der Waals surface area contributed by atoms with Gasteiger partial charge in [-0.3, -0.25) is 9.59 Å². The van der Waals surface area contributed by atoms with Gasteiger partial charge in [0.15, 0.2) is 5.76 Å². The second kappa shape index (κ2) is 11.3. The molecule has 0 radical (unpaired) electrons. The summed E-state index contributed by atoms with van der Waals surface area (Å²) in [7, 11) is 0. The first-order valence-electron chi connectivity index (χ1n) is 13.5. The van der Waals surface area contributed by atoms with Gasteiger partial charge >= 0.3 is 5.97 Å². The lowest BCUT2D eigenvalue weighted by Crippen LogP contribution is -2.30. The van der Waals surface area contributed by atoms with Crippen molar-refractivity contribution >= 4 is 11.9 Å². The summed E-state index contributed by atoms with van der Waals surface area (Å²) in [5, 5.41) is 4.23. The molecule has 1 aliphatic carbocycles. The van der Waals surface area contributed by atoms with Gasteiger partial charge in [0, 0.05) is 31.1 Å². The number of benzene rings is 3. The standard InChI is InChI=1S/C33H34N2O4/c1-4-38-32(37)33(19-20-33)29-16-14-27(15-17-29)26-10-12-28(13-11-26)31-30(23(2)34-39-31)18-21-35(24(3)36)22-25-8-6-5-7-9-25/h5-17H,4,18-22H2,1-3H3. The Morgan fingerprint density at radius 3 is 2.13 bits per heavy atom. The highest BCUT2D eigenvalue weighted by molar-refractivity contribution is 5.87. The third kappa shape index (κ3) is 5.65. The van der Waals surface area contributed by atoms with Gasteiger partial charge in [0.25, 0.3) is 0 Å². The molecule has 0 N–H and O–H groups in total. The van der Waals surface area contributed by atoms with Crippen LogP contribution in [0.5, 0.6) is 0 Å². The molecule has 0 spiro atoms. The van der Waals surface area contributed by atoms with Crippen LogP contribution in [0.25, 0.3) is 22.5 Å². The molecule has 1 aliphatic rings. The van der Waals surface area contributed by atoms with E-state index in [9.17, 15) is 9.59 Å². The van der Waals surface area contributed by atoms with Crippen molar-refractivity contribution in [1.29, 1.82) is 0 Å². The van der Waals surface area contributed by atoms with Crippen LogP contribution in [0, 0.1) is 6.92 Å². The number of carbonyl (C=O) groups excluding carboxylic acids is 2. The summed E-state index contributed by atoms with van der Waals surface area (Å²) in [4.78, 5) is 26.6. The van der Waals surface area contributed by atoms with Gasteiger partial charge in [-0.25, -0.2) is 0 Å². The molecule has 4 aromatic rings. The van der Waals surface area contributed by atoms with E-state index in [0.29, 0.717) is 26.1 Å². The van der Waals surface area contributed by atoms with Gasteiger partial charge in [-0.1, -0.05) is 84.0 Å². The number of nitrogens with zero attached hydrogens (tertiary/aromatic N) is 2. The van der Waals surface area contributed by atoms with Crippen LogP contribution in [0.4, 0.5) is 0 Å². The van der Waals surface area contributed by atoms with Crippen LogP contribution in [0.3, 0.4) is 0 Å². The molecule has 0 atom stereocenters. The Morgan fingerprint density at radius 1 is 0.923 bits per heavy atom. The predicted octanol–water partition coefficient (Wildman–Crippen LogP) is 6.50. The Bertz CT molecular complexity index is 1440. The summed E-state index contributed by atoms with van der Waals surface area (Å²) in [5.41, 5.74) is 6.62. The summed E-state index contributed by atoms with van der Waals surface area (Å²) >= 11 is 0. The summed E-state index contributed by atoms with van der Waals surface area (Å²) < 4.78 is 11.0. The number of amides is 1. The molecule has 1 aromatic heterocycles. The smallest absolute Gasteiger partial charge is 0.316 e. The van der Waals surface area contributed by atoms with Crippen molar-refractivity contribution in [3.63, 3.8) is 0 Å². The topological polar surface area (TPSA) is 72.6 Å². The predicted molar refractivity (Wildman–Crippen MR) is 151 cm³/mol. The fourth-order valence-electron chi connectivity index (χ4n) is 5.11. The second-order valence-electron chi connectivity index (χ2n) is 10.2. The van der Waals surface area contributed by atoms with Crippen molar-refractivity contribution in [2.45, 2.75) is 52.0 Å². The Balaban J connectivity index is 1.29. The van der Waals surface area contributed by atoms with Gasteiger partial charge in [-0.05, 0) is 55.4 Å². The van der Waals surface area contributed by atoms with Crippen LogP contribution in [0.15, 0.2) is 83.4 Å².